The molecule has 2 rings (SSSR count). The van der Waals surface area contributed by atoms with E-state index < -0.39 is 5.60 Å². The van der Waals surface area contributed by atoms with Gasteiger partial charge in [0.25, 0.3) is 0 Å². The summed E-state index contributed by atoms with van der Waals surface area (Å²) in [6.07, 6.45) is 10.9. The highest BCUT2D eigenvalue weighted by atomic mass is 16.6. The van der Waals surface area contributed by atoms with E-state index in [1.54, 1.807) is 0 Å². The van der Waals surface area contributed by atoms with E-state index in [2.05, 4.69) is 44.7 Å². The Kier molecular flexibility index (Phi) is 8.75. The highest BCUT2D eigenvalue weighted by molar-refractivity contribution is 6.03. The molecule has 1 aliphatic carbocycles. The molecule has 0 unspecified atom stereocenters. The molecular formula is C25H41N3O2. The van der Waals surface area contributed by atoms with Crippen molar-refractivity contribution in [3.05, 3.63) is 35.2 Å². The van der Waals surface area contributed by atoms with Crippen molar-refractivity contribution in [1.82, 2.24) is 9.80 Å². The average Bonchev–Trinajstić information content (AvgIpc) is 2.64. The summed E-state index contributed by atoms with van der Waals surface area (Å²) in [4.78, 5) is 21.4. The van der Waals surface area contributed by atoms with Crippen LogP contribution < -0.4 is 0 Å². The Bertz CT molecular complexity index is 713. The zero-order chi connectivity index (χ0) is 22.3. The van der Waals surface area contributed by atoms with Crippen LogP contribution in [0.25, 0.3) is 0 Å². The first-order chi connectivity index (χ1) is 14.2. The molecule has 0 radical (unpaired) electrons. The molecule has 1 aliphatic heterocycles. The van der Waals surface area contributed by atoms with E-state index >= 15 is 0 Å². The quantitative estimate of drug-likeness (QED) is 0.398. The molecule has 30 heavy (non-hydrogen) atoms. The fourth-order valence-electron chi connectivity index (χ4n) is 4.03. The summed E-state index contributed by atoms with van der Waals surface area (Å²) in [5.41, 5.74) is 4.60. The largest absolute Gasteiger partial charge is 0.444 e. The first-order valence-electron chi connectivity index (χ1n) is 11.5. The number of hydrogen-bond acceptors (Lipinski definition) is 4. The van der Waals surface area contributed by atoms with Crippen LogP contribution in [0.15, 0.2) is 40.2 Å². The highest BCUT2D eigenvalue weighted by Gasteiger charge is 2.30. The summed E-state index contributed by atoms with van der Waals surface area (Å²) in [7, 11) is 0. The standard InChI is InChI=1S/C25H41N3O2/c1-8-10-14-26-19(3)23(22(9-2)21-12-11-13-21)20(4)27-15-17-28(18-16-27)24(29)30-25(5,6)7/h9-10,14,21H,8,11-13,15-18H2,1-7H3/b14-10+,22-9-,23-20-,26-19+. The predicted molar refractivity (Wildman–Crippen MR) is 126 cm³/mol. The molecule has 0 bridgehead atoms. The maximum atomic E-state index is 12.4. The van der Waals surface area contributed by atoms with Crippen LogP contribution in [-0.2, 0) is 4.74 Å². The van der Waals surface area contributed by atoms with Crippen molar-refractivity contribution in [2.24, 2.45) is 10.9 Å². The molecule has 168 valence electrons. The number of piperazine rings is 1. The van der Waals surface area contributed by atoms with Gasteiger partial charge in [0.2, 0.25) is 0 Å². The van der Waals surface area contributed by atoms with Gasteiger partial charge in [-0.05, 0) is 72.3 Å². The zero-order valence-corrected chi connectivity index (χ0v) is 20.1. The van der Waals surface area contributed by atoms with Gasteiger partial charge in [0.15, 0.2) is 0 Å². The third-order valence-corrected chi connectivity index (χ3v) is 5.88. The van der Waals surface area contributed by atoms with Gasteiger partial charge < -0.3 is 14.5 Å². The Labute approximate surface area is 183 Å². The monoisotopic (exact) mass is 415 g/mol. The lowest BCUT2D eigenvalue weighted by Gasteiger charge is -2.39. The topological polar surface area (TPSA) is 45.1 Å². The maximum absolute atomic E-state index is 12.4. The van der Waals surface area contributed by atoms with E-state index in [0.29, 0.717) is 19.0 Å². The van der Waals surface area contributed by atoms with Crippen LogP contribution in [0.4, 0.5) is 4.79 Å². The number of allylic oxidation sites excluding steroid dienone is 5. The van der Waals surface area contributed by atoms with E-state index in [4.69, 9.17) is 9.73 Å². The van der Waals surface area contributed by atoms with Crippen molar-refractivity contribution in [2.45, 2.75) is 79.8 Å². The van der Waals surface area contributed by atoms with Crippen LogP contribution in [-0.4, -0.2) is 53.4 Å². The second kappa shape index (κ2) is 10.8. The number of carbonyl (C=O) groups is 1. The first kappa shape index (κ1) is 24.2. The Morgan fingerprint density at radius 3 is 2.17 bits per heavy atom. The molecule has 0 N–H and O–H groups in total. The second-order valence-electron chi connectivity index (χ2n) is 9.29. The van der Waals surface area contributed by atoms with Crippen LogP contribution in [0.3, 0.4) is 0 Å². The van der Waals surface area contributed by atoms with Crippen molar-refractivity contribution in [3.8, 4) is 0 Å². The number of rotatable bonds is 6. The van der Waals surface area contributed by atoms with E-state index in [1.165, 1.54) is 36.1 Å². The van der Waals surface area contributed by atoms with Crippen LogP contribution in [0, 0.1) is 5.92 Å². The Morgan fingerprint density at radius 2 is 1.70 bits per heavy atom. The lowest BCUT2D eigenvalue weighted by Crippen LogP contribution is -2.49. The molecule has 1 saturated carbocycles. The van der Waals surface area contributed by atoms with Gasteiger partial charge in [-0.15, -0.1) is 0 Å². The molecule has 1 saturated heterocycles. The zero-order valence-electron chi connectivity index (χ0n) is 20.1. The smallest absolute Gasteiger partial charge is 0.410 e. The minimum absolute atomic E-state index is 0.213. The number of hydrogen-bond donors (Lipinski definition) is 0. The second-order valence-corrected chi connectivity index (χ2v) is 9.29. The van der Waals surface area contributed by atoms with Gasteiger partial charge in [-0.25, -0.2) is 4.79 Å². The van der Waals surface area contributed by atoms with Gasteiger partial charge in [-0.1, -0.05) is 25.5 Å². The van der Waals surface area contributed by atoms with Gasteiger partial charge >= 0.3 is 6.09 Å². The molecule has 5 nitrogen and oxygen atoms in total. The summed E-state index contributed by atoms with van der Waals surface area (Å²) in [5.74, 6) is 0.642. The maximum Gasteiger partial charge on any atom is 0.410 e. The van der Waals surface area contributed by atoms with Crippen molar-refractivity contribution < 1.29 is 9.53 Å². The molecule has 1 amide bonds. The van der Waals surface area contributed by atoms with Gasteiger partial charge in [0, 0.05) is 49.4 Å². The number of carbonyl (C=O) groups excluding carboxylic acids is 1. The molecule has 0 aromatic rings. The predicted octanol–water partition coefficient (Wildman–Crippen LogP) is 5.94. The average molecular weight is 416 g/mol. The van der Waals surface area contributed by atoms with Crippen molar-refractivity contribution >= 4 is 11.8 Å². The summed E-state index contributed by atoms with van der Waals surface area (Å²) >= 11 is 0. The third kappa shape index (κ3) is 6.48. The van der Waals surface area contributed by atoms with Crippen LogP contribution in [0.2, 0.25) is 0 Å². The molecule has 0 atom stereocenters. The normalized spacial score (nSPS) is 20.4. The van der Waals surface area contributed by atoms with Gasteiger partial charge in [0.05, 0.1) is 0 Å². The number of nitrogens with zero attached hydrogens (tertiary/aromatic N) is 3. The third-order valence-electron chi connectivity index (χ3n) is 5.88. The molecule has 0 aromatic carbocycles. The van der Waals surface area contributed by atoms with E-state index in [9.17, 15) is 4.79 Å². The summed E-state index contributed by atoms with van der Waals surface area (Å²) in [5, 5.41) is 0. The molecule has 1 heterocycles. The number of amides is 1. The van der Waals surface area contributed by atoms with Crippen LogP contribution in [0.1, 0.15) is 74.1 Å². The molecule has 2 fully saturated rings. The first-order valence-corrected chi connectivity index (χ1v) is 11.5. The summed E-state index contributed by atoms with van der Waals surface area (Å²) in [6, 6.07) is 0. The Hall–Kier alpha value is -2.04. The van der Waals surface area contributed by atoms with Crippen molar-refractivity contribution in [3.63, 3.8) is 0 Å². The fraction of sp³-hybridized carbons (Fsp3) is 0.680. The summed E-state index contributed by atoms with van der Waals surface area (Å²) < 4.78 is 5.54. The lowest BCUT2D eigenvalue weighted by atomic mass is 9.75. The number of aliphatic imine (C=N–C) groups is 1. The summed E-state index contributed by atoms with van der Waals surface area (Å²) in [6.45, 7) is 17.3. The van der Waals surface area contributed by atoms with Crippen molar-refractivity contribution in [2.75, 3.05) is 26.2 Å². The van der Waals surface area contributed by atoms with Gasteiger partial charge in [-0.2, -0.15) is 0 Å². The van der Waals surface area contributed by atoms with Gasteiger partial charge in [0.1, 0.15) is 5.60 Å². The van der Waals surface area contributed by atoms with E-state index in [0.717, 1.165) is 25.2 Å². The minimum Gasteiger partial charge on any atom is -0.444 e. The fourth-order valence-corrected chi connectivity index (χ4v) is 4.03. The molecular weight excluding hydrogens is 374 g/mol. The Morgan fingerprint density at radius 1 is 1.10 bits per heavy atom. The minimum atomic E-state index is -0.458. The van der Waals surface area contributed by atoms with E-state index in [1.807, 2.05) is 31.9 Å². The SMILES string of the molecule is C\C=C(C(/C(C)=N/C=C/CC)=C(/C)N1CCN(C(=O)OC(C)(C)C)CC1)\C1CCC1. The molecule has 5 heteroatoms. The van der Waals surface area contributed by atoms with Gasteiger partial charge in [-0.3, -0.25) is 4.99 Å². The Balaban J connectivity index is 2.22. The lowest BCUT2D eigenvalue weighted by molar-refractivity contribution is 0.0168. The number of ether oxygens (including phenoxy) is 1. The van der Waals surface area contributed by atoms with E-state index in [-0.39, 0.29) is 6.09 Å². The highest BCUT2D eigenvalue weighted by Crippen LogP contribution is 2.38. The molecule has 0 spiro atoms. The molecule has 0 aromatic heterocycles. The van der Waals surface area contributed by atoms with Crippen molar-refractivity contribution in [1.29, 1.82) is 0 Å². The molecule has 2 aliphatic rings. The van der Waals surface area contributed by atoms with Crippen LogP contribution in [0.5, 0.6) is 0 Å². The van der Waals surface area contributed by atoms with Crippen LogP contribution >= 0.6 is 0 Å².